The topological polar surface area (TPSA) is 12.0 Å². The van der Waals surface area contributed by atoms with E-state index < -0.39 is 0 Å². The van der Waals surface area contributed by atoms with Gasteiger partial charge in [0.2, 0.25) is 0 Å². The largest absolute Gasteiger partial charge is 0.316 e. The molecule has 86 valence electrons. The molecule has 1 atom stereocenters. The van der Waals surface area contributed by atoms with Gasteiger partial charge in [-0.05, 0) is 55.8 Å². The first-order chi connectivity index (χ1) is 7.70. The molecule has 0 aromatic heterocycles. The third-order valence-corrected chi connectivity index (χ3v) is 3.57. The highest BCUT2D eigenvalue weighted by Gasteiger charge is 2.17. The number of allylic oxidation sites excluding steroid dienone is 1. The van der Waals surface area contributed by atoms with Crippen LogP contribution in [0, 0.1) is 6.92 Å². The molecule has 1 nitrogen and oxygen atoms in total. The van der Waals surface area contributed by atoms with Crippen molar-refractivity contribution in [1.82, 2.24) is 5.32 Å². The summed E-state index contributed by atoms with van der Waals surface area (Å²) >= 11 is 0. The highest BCUT2D eigenvalue weighted by atomic mass is 14.9. The van der Waals surface area contributed by atoms with Gasteiger partial charge in [-0.25, -0.2) is 0 Å². The van der Waals surface area contributed by atoms with E-state index in [2.05, 4.69) is 43.9 Å². The van der Waals surface area contributed by atoms with Gasteiger partial charge in [0.1, 0.15) is 0 Å². The summed E-state index contributed by atoms with van der Waals surface area (Å²) in [5, 5.41) is 3.49. The number of benzene rings is 1. The van der Waals surface area contributed by atoms with Crippen LogP contribution < -0.4 is 5.32 Å². The van der Waals surface area contributed by atoms with Crippen molar-refractivity contribution in [2.45, 2.75) is 32.6 Å². The van der Waals surface area contributed by atoms with Crippen molar-refractivity contribution in [3.63, 3.8) is 0 Å². The number of hydrogen-bond donors (Lipinski definition) is 1. The van der Waals surface area contributed by atoms with Crippen molar-refractivity contribution in [2.24, 2.45) is 0 Å². The van der Waals surface area contributed by atoms with Gasteiger partial charge < -0.3 is 5.32 Å². The summed E-state index contributed by atoms with van der Waals surface area (Å²) in [6.45, 7) is 10.7. The van der Waals surface area contributed by atoms with Crippen LogP contribution in [0.4, 0.5) is 0 Å². The summed E-state index contributed by atoms with van der Waals surface area (Å²) in [6.07, 6.45) is 2.61. The van der Waals surface area contributed by atoms with Crippen LogP contribution in [-0.2, 0) is 0 Å². The van der Waals surface area contributed by atoms with Gasteiger partial charge in [0.05, 0.1) is 0 Å². The number of hydrogen-bond acceptors (Lipinski definition) is 1. The third-order valence-electron chi connectivity index (χ3n) is 3.57. The molecule has 2 rings (SSSR count). The van der Waals surface area contributed by atoms with Gasteiger partial charge in [0.15, 0.2) is 0 Å². The Kier molecular flexibility index (Phi) is 3.45. The zero-order valence-electron chi connectivity index (χ0n) is 10.3. The van der Waals surface area contributed by atoms with Crippen LogP contribution in [0.15, 0.2) is 24.8 Å². The van der Waals surface area contributed by atoms with Crippen LogP contribution in [0.1, 0.15) is 42.4 Å². The first-order valence-electron chi connectivity index (χ1n) is 6.16. The summed E-state index contributed by atoms with van der Waals surface area (Å²) in [5.74, 6) is 0.688. The number of nitrogens with one attached hydrogen (secondary N) is 1. The fourth-order valence-electron chi connectivity index (χ4n) is 2.68. The van der Waals surface area contributed by atoms with E-state index in [1.165, 1.54) is 41.6 Å². The molecule has 1 aromatic carbocycles. The minimum Gasteiger partial charge on any atom is -0.316 e. The van der Waals surface area contributed by atoms with Gasteiger partial charge in [-0.1, -0.05) is 30.4 Å². The molecule has 1 aliphatic rings. The number of rotatable bonds is 2. The van der Waals surface area contributed by atoms with Gasteiger partial charge in [0.25, 0.3) is 0 Å². The molecule has 1 heterocycles. The Bertz CT molecular complexity index is 386. The zero-order valence-corrected chi connectivity index (χ0v) is 10.3. The summed E-state index contributed by atoms with van der Waals surface area (Å²) in [4.78, 5) is 0. The van der Waals surface area contributed by atoms with Crippen molar-refractivity contribution in [1.29, 1.82) is 0 Å². The standard InChI is InChI=1S/C15H21N/c1-11(2)14-7-4-8-15(12(14)3)13-6-5-9-16-10-13/h4,7-8,13,16H,1,5-6,9-10H2,2-3H3. The molecule has 1 N–H and O–H groups in total. The maximum absolute atomic E-state index is 4.06. The Morgan fingerprint density at radius 1 is 1.44 bits per heavy atom. The fraction of sp³-hybridized carbons (Fsp3) is 0.467. The normalized spacial score (nSPS) is 20.8. The van der Waals surface area contributed by atoms with Crippen molar-refractivity contribution >= 4 is 5.57 Å². The van der Waals surface area contributed by atoms with Crippen LogP contribution in [-0.4, -0.2) is 13.1 Å². The Hall–Kier alpha value is -1.08. The lowest BCUT2D eigenvalue weighted by molar-refractivity contribution is 0.460. The van der Waals surface area contributed by atoms with Crippen molar-refractivity contribution in [3.8, 4) is 0 Å². The maximum Gasteiger partial charge on any atom is 0.00202 e. The monoisotopic (exact) mass is 215 g/mol. The van der Waals surface area contributed by atoms with Crippen molar-refractivity contribution in [2.75, 3.05) is 13.1 Å². The lowest BCUT2D eigenvalue weighted by Gasteiger charge is -2.25. The first-order valence-corrected chi connectivity index (χ1v) is 6.16. The second-order valence-electron chi connectivity index (χ2n) is 4.84. The molecular formula is C15H21N. The van der Waals surface area contributed by atoms with Crippen LogP contribution in [0.5, 0.6) is 0 Å². The summed E-state index contributed by atoms with van der Waals surface area (Å²) in [6, 6.07) is 6.62. The highest BCUT2D eigenvalue weighted by molar-refractivity contribution is 5.65. The molecule has 0 bridgehead atoms. The molecule has 1 aromatic rings. The predicted octanol–water partition coefficient (Wildman–Crippen LogP) is 3.50. The summed E-state index contributed by atoms with van der Waals surface area (Å²) in [7, 11) is 0. The van der Waals surface area contributed by atoms with E-state index in [4.69, 9.17) is 0 Å². The van der Waals surface area contributed by atoms with E-state index >= 15 is 0 Å². The summed E-state index contributed by atoms with van der Waals surface area (Å²) < 4.78 is 0. The zero-order chi connectivity index (χ0) is 11.5. The number of piperidine rings is 1. The van der Waals surface area contributed by atoms with Crippen molar-refractivity contribution in [3.05, 3.63) is 41.5 Å². The van der Waals surface area contributed by atoms with Gasteiger partial charge >= 0.3 is 0 Å². The van der Waals surface area contributed by atoms with Gasteiger partial charge in [0, 0.05) is 6.54 Å². The molecule has 0 saturated carbocycles. The van der Waals surface area contributed by atoms with E-state index in [1.807, 2.05) is 0 Å². The second-order valence-corrected chi connectivity index (χ2v) is 4.84. The molecule has 1 heteroatoms. The average Bonchev–Trinajstić information content (AvgIpc) is 2.30. The molecule has 1 fully saturated rings. The third kappa shape index (κ3) is 2.19. The van der Waals surface area contributed by atoms with E-state index in [1.54, 1.807) is 0 Å². The summed E-state index contributed by atoms with van der Waals surface area (Å²) in [5.41, 5.74) is 5.42. The highest BCUT2D eigenvalue weighted by Crippen LogP contribution is 2.29. The minimum atomic E-state index is 0.688. The molecule has 0 spiro atoms. The van der Waals surface area contributed by atoms with E-state index in [-0.39, 0.29) is 0 Å². The minimum absolute atomic E-state index is 0.688. The Morgan fingerprint density at radius 2 is 2.25 bits per heavy atom. The molecule has 1 saturated heterocycles. The average molecular weight is 215 g/mol. The molecular weight excluding hydrogens is 194 g/mol. The van der Waals surface area contributed by atoms with Crippen LogP contribution in [0.25, 0.3) is 5.57 Å². The SMILES string of the molecule is C=C(C)c1cccc(C2CCCNC2)c1C. The molecule has 1 unspecified atom stereocenters. The Labute approximate surface area is 98.6 Å². The molecule has 0 radical (unpaired) electrons. The molecule has 0 amide bonds. The molecule has 16 heavy (non-hydrogen) atoms. The lowest BCUT2D eigenvalue weighted by atomic mass is 9.86. The molecule has 0 aliphatic carbocycles. The van der Waals surface area contributed by atoms with Crippen molar-refractivity contribution < 1.29 is 0 Å². The quantitative estimate of drug-likeness (QED) is 0.796. The smallest absolute Gasteiger partial charge is 0.00202 e. The van der Waals surface area contributed by atoms with Crippen LogP contribution in [0.3, 0.4) is 0 Å². The van der Waals surface area contributed by atoms with Gasteiger partial charge in [-0.15, -0.1) is 0 Å². The fourth-order valence-corrected chi connectivity index (χ4v) is 2.68. The molecule has 1 aliphatic heterocycles. The Balaban J connectivity index is 2.33. The predicted molar refractivity (Wildman–Crippen MR) is 70.7 cm³/mol. The van der Waals surface area contributed by atoms with E-state index in [0.29, 0.717) is 5.92 Å². The van der Waals surface area contributed by atoms with E-state index in [0.717, 1.165) is 6.54 Å². The Morgan fingerprint density at radius 3 is 2.88 bits per heavy atom. The first kappa shape index (κ1) is 11.4. The van der Waals surface area contributed by atoms with Gasteiger partial charge in [-0.3, -0.25) is 0 Å². The van der Waals surface area contributed by atoms with Crippen LogP contribution in [0.2, 0.25) is 0 Å². The van der Waals surface area contributed by atoms with Crippen LogP contribution >= 0.6 is 0 Å². The van der Waals surface area contributed by atoms with E-state index in [9.17, 15) is 0 Å². The van der Waals surface area contributed by atoms with Gasteiger partial charge in [-0.2, -0.15) is 0 Å². The maximum atomic E-state index is 4.06. The lowest BCUT2D eigenvalue weighted by Crippen LogP contribution is -2.28. The second kappa shape index (κ2) is 4.84.